The van der Waals surface area contributed by atoms with Crippen LogP contribution in [-0.2, 0) is 14.3 Å². The van der Waals surface area contributed by atoms with Crippen LogP contribution in [0.25, 0.3) is 0 Å². The van der Waals surface area contributed by atoms with Gasteiger partial charge in [0, 0.05) is 12.1 Å². The summed E-state index contributed by atoms with van der Waals surface area (Å²) in [5.74, 6) is -1.09. The van der Waals surface area contributed by atoms with Crippen molar-refractivity contribution >= 4 is 35.2 Å². The number of carbonyl (C=O) groups excluding carboxylic acids is 3. The molecule has 0 radical (unpaired) electrons. The van der Waals surface area contributed by atoms with Gasteiger partial charge in [0.05, 0.1) is 10.7 Å². The number of aryl methyl sites for hydroxylation is 1. The van der Waals surface area contributed by atoms with Gasteiger partial charge in [0.2, 0.25) is 5.91 Å². The Balaban J connectivity index is 2.50. The number of rotatable bonds is 9. The minimum atomic E-state index is -1.19. The topological polar surface area (TPSA) is 108 Å². The Kier molecular flexibility index (Phi) is 10.4. The van der Waals surface area contributed by atoms with Crippen molar-refractivity contribution in [2.45, 2.75) is 72.6 Å². The molecule has 37 heavy (non-hydrogen) atoms. The fourth-order valence-electron chi connectivity index (χ4n) is 3.96. The molecule has 2 rings (SSSR count). The number of likely N-dealkylation sites (N-methyl/N-ethyl adjacent to an activating group) is 1. The van der Waals surface area contributed by atoms with Gasteiger partial charge in [0.1, 0.15) is 23.4 Å². The number of alkyl carbamates (subject to hydrolysis) is 1. The lowest BCUT2D eigenvalue weighted by Gasteiger charge is -2.34. The van der Waals surface area contributed by atoms with Gasteiger partial charge >= 0.3 is 6.09 Å². The second-order valence-corrected chi connectivity index (χ2v) is 10.7. The van der Waals surface area contributed by atoms with Gasteiger partial charge in [-0.15, -0.1) is 0 Å². The van der Waals surface area contributed by atoms with E-state index in [9.17, 15) is 19.5 Å². The second kappa shape index (κ2) is 12.8. The lowest BCUT2D eigenvalue weighted by molar-refractivity contribution is -0.140. The zero-order valence-corrected chi connectivity index (χ0v) is 23.3. The van der Waals surface area contributed by atoms with Crippen molar-refractivity contribution in [1.29, 1.82) is 0 Å². The number of nitrogens with zero attached hydrogens (tertiary/aromatic N) is 1. The van der Waals surface area contributed by atoms with Crippen LogP contribution in [0, 0.1) is 12.8 Å². The van der Waals surface area contributed by atoms with E-state index in [0.29, 0.717) is 17.1 Å². The van der Waals surface area contributed by atoms with E-state index in [1.807, 2.05) is 26.8 Å². The molecule has 0 saturated heterocycles. The molecule has 0 aliphatic rings. The van der Waals surface area contributed by atoms with E-state index in [2.05, 4.69) is 10.6 Å². The van der Waals surface area contributed by atoms with Crippen molar-refractivity contribution < 1.29 is 24.2 Å². The number of hydrogen-bond donors (Lipinski definition) is 3. The predicted molar refractivity (Wildman–Crippen MR) is 146 cm³/mol. The summed E-state index contributed by atoms with van der Waals surface area (Å²) in [5, 5.41) is 16.5. The maximum Gasteiger partial charge on any atom is 0.408 e. The molecular formula is C28H38ClN3O5. The molecule has 2 aromatic rings. The van der Waals surface area contributed by atoms with Gasteiger partial charge in [-0.25, -0.2) is 4.79 Å². The van der Waals surface area contributed by atoms with Crippen LogP contribution in [0.5, 0.6) is 5.75 Å². The van der Waals surface area contributed by atoms with Crippen LogP contribution in [0.1, 0.15) is 65.1 Å². The summed E-state index contributed by atoms with van der Waals surface area (Å²) in [5.41, 5.74) is 0.671. The first-order valence-corrected chi connectivity index (χ1v) is 12.8. The number of phenolic OH excluding ortho intramolecular Hbond substituents is 1. The molecule has 8 nitrogen and oxygen atoms in total. The molecule has 0 aliphatic carbocycles. The Morgan fingerprint density at radius 1 is 1.08 bits per heavy atom. The zero-order valence-electron chi connectivity index (χ0n) is 22.6. The molecular weight excluding hydrogens is 494 g/mol. The van der Waals surface area contributed by atoms with Crippen LogP contribution in [-0.4, -0.2) is 46.1 Å². The molecule has 0 heterocycles. The highest BCUT2D eigenvalue weighted by molar-refractivity contribution is 6.34. The van der Waals surface area contributed by atoms with Crippen molar-refractivity contribution in [3.8, 4) is 5.75 Å². The van der Waals surface area contributed by atoms with Crippen molar-refractivity contribution in [2.75, 3.05) is 11.9 Å². The highest BCUT2D eigenvalue weighted by Gasteiger charge is 2.37. The number of hydrogen-bond acceptors (Lipinski definition) is 5. The van der Waals surface area contributed by atoms with E-state index in [4.69, 9.17) is 16.3 Å². The van der Waals surface area contributed by atoms with Gasteiger partial charge < -0.3 is 25.4 Å². The highest BCUT2D eigenvalue weighted by Crippen LogP contribution is 2.33. The average Bonchev–Trinajstić information content (AvgIpc) is 2.78. The maximum atomic E-state index is 13.9. The number of phenols is 1. The summed E-state index contributed by atoms with van der Waals surface area (Å²) >= 11 is 6.34. The number of amides is 3. The third kappa shape index (κ3) is 8.39. The van der Waals surface area contributed by atoms with Gasteiger partial charge in [-0.3, -0.25) is 9.59 Å². The standard InChI is InChI=1S/C28H38ClN3O5/c1-8-32(26(35)21(16-17(2)3)30-27(36)37-28(5,6)7)24(19-13-9-10-15-22(19)33)25(34)31-23-18(4)12-11-14-20(23)29/h9-15,17,21,24,33H,8,16H2,1-7H3,(H,30,36)(H,31,34). The third-order valence-corrected chi connectivity index (χ3v) is 5.90. The molecule has 0 aliphatic heterocycles. The minimum Gasteiger partial charge on any atom is -0.508 e. The summed E-state index contributed by atoms with van der Waals surface area (Å²) in [6.45, 7) is 12.7. The summed E-state index contributed by atoms with van der Waals surface area (Å²) in [7, 11) is 0. The van der Waals surface area contributed by atoms with Crippen LogP contribution in [0.15, 0.2) is 42.5 Å². The molecule has 0 fully saturated rings. The summed E-state index contributed by atoms with van der Waals surface area (Å²) in [6.07, 6.45) is -0.398. The predicted octanol–water partition coefficient (Wildman–Crippen LogP) is 5.82. The van der Waals surface area contributed by atoms with E-state index >= 15 is 0 Å². The molecule has 0 aromatic heterocycles. The van der Waals surface area contributed by atoms with Crippen LogP contribution in [0.3, 0.4) is 0 Å². The molecule has 0 spiro atoms. The molecule has 202 valence electrons. The average molecular weight is 532 g/mol. The number of aromatic hydroxyl groups is 1. The van der Waals surface area contributed by atoms with Gasteiger partial charge in [-0.1, -0.05) is 55.8 Å². The number of nitrogens with one attached hydrogen (secondary N) is 2. The van der Waals surface area contributed by atoms with E-state index in [-0.39, 0.29) is 23.8 Å². The van der Waals surface area contributed by atoms with E-state index in [0.717, 1.165) is 5.56 Å². The first-order chi connectivity index (χ1) is 17.2. The van der Waals surface area contributed by atoms with Crippen molar-refractivity contribution in [3.63, 3.8) is 0 Å². The summed E-state index contributed by atoms with van der Waals surface area (Å²) < 4.78 is 5.38. The fraction of sp³-hybridized carbons (Fsp3) is 0.464. The Morgan fingerprint density at radius 2 is 1.73 bits per heavy atom. The number of benzene rings is 2. The summed E-state index contributed by atoms with van der Waals surface area (Å²) in [4.78, 5) is 41.6. The number of para-hydroxylation sites is 2. The highest BCUT2D eigenvalue weighted by atomic mass is 35.5. The first-order valence-electron chi connectivity index (χ1n) is 12.4. The smallest absolute Gasteiger partial charge is 0.408 e. The molecule has 3 amide bonds. The molecule has 2 aromatic carbocycles. The molecule has 2 unspecified atom stereocenters. The lowest BCUT2D eigenvalue weighted by atomic mass is 9.98. The zero-order chi connectivity index (χ0) is 27.9. The minimum absolute atomic E-state index is 0.0609. The van der Waals surface area contributed by atoms with E-state index in [1.165, 1.54) is 11.0 Å². The van der Waals surface area contributed by atoms with Crippen molar-refractivity contribution in [2.24, 2.45) is 5.92 Å². The number of anilines is 1. The normalized spacial score (nSPS) is 13.0. The monoisotopic (exact) mass is 531 g/mol. The number of ether oxygens (including phenoxy) is 1. The van der Waals surface area contributed by atoms with Gasteiger partial charge in [0.15, 0.2) is 0 Å². The Labute approximate surface area is 224 Å². The fourth-order valence-corrected chi connectivity index (χ4v) is 4.23. The molecule has 2 atom stereocenters. The Morgan fingerprint density at radius 3 is 2.27 bits per heavy atom. The van der Waals surface area contributed by atoms with Crippen molar-refractivity contribution in [1.82, 2.24) is 10.2 Å². The molecule has 3 N–H and O–H groups in total. The Bertz CT molecular complexity index is 1090. The van der Waals surface area contributed by atoms with E-state index in [1.54, 1.807) is 58.0 Å². The van der Waals surface area contributed by atoms with Crippen LogP contribution < -0.4 is 10.6 Å². The van der Waals surface area contributed by atoms with Crippen molar-refractivity contribution in [3.05, 3.63) is 58.6 Å². The number of halogens is 1. The largest absolute Gasteiger partial charge is 0.508 e. The third-order valence-electron chi connectivity index (χ3n) is 5.58. The van der Waals surface area contributed by atoms with E-state index < -0.39 is 35.6 Å². The van der Waals surface area contributed by atoms with Gasteiger partial charge in [-0.05, 0) is 64.7 Å². The molecule has 0 bridgehead atoms. The second-order valence-electron chi connectivity index (χ2n) is 10.3. The molecule has 0 saturated carbocycles. The van der Waals surface area contributed by atoms with Gasteiger partial charge in [0.25, 0.3) is 5.91 Å². The molecule has 9 heteroatoms. The van der Waals surface area contributed by atoms with Crippen LogP contribution >= 0.6 is 11.6 Å². The SMILES string of the molecule is CCN(C(=O)C(CC(C)C)NC(=O)OC(C)(C)C)C(C(=O)Nc1c(C)cccc1Cl)c1ccccc1O. The van der Waals surface area contributed by atoms with Crippen LogP contribution in [0.4, 0.5) is 10.5 Å². The summed E-state index contributed by atoms with van der Waals surface area (Å²) in [6, 6.07) is 9.46. The first kappa shape index (κ1) is 30.0. The Hall–Kier alpha value is -3.26. The lowest BCUT2D eigenvalue weighted by Crippen LogP contribution is -2.52. The number of carbonyl (C=O) groups is 3. The quantitative estimate of drug-likeness (QED) is 0.378. The van der Waals surface area contributed by atoms with Crippen LogP contribution in [0.2, 0.25) is 5.02 Å². The maximum absolute atomic E-state index is 13.9. The van der Waals surface area contributed by atoms with Gasteiger partial charge in [-0.2, -0.15) is 0 Å².